The van der Waals surface area contributed by atoms with Crippen LogP contribution in [-0.2, 0) is 13.1 Å². The number of hydrogen-bond donors (Lipinski definition) is 4. The van der Waals surface area contributed by atoms with Gasteiger partial charge in [-0.1, -0.05) is 72.3 Å². The Labute approximate surface area is 186 Å². The fraction of sp³-hybridized carbons (Fsp3) is 0.0909. The summed E-state index contributed by atoms with van der Waals surface area (Å²) in [7, 11) is 0. The van der Waals surface area contributed by atoms with Crippen molar-refractivity contribution in [2.24, 2.45) is 0 Å². The van der Waals surface area contributed by atoms with Crippen molar-refractivity contribution < 1.29 is 0 Å². The van der Waals surface area contributed by atoms with Crippen molar-refractivity contribution in [3.63, 3.8) is 0 Å². The summed E-state index contributed by atoms with van der Waals surface area (Å²) in [6, 6.07) is 25.6. The first-order valence-corrected chi connectivity index (χ1v) is 10.3. The molecule has 0 radical (unpaired) electrons. The summed E-state index contributed by atoms with van der Waals surface area (Å²) >= 11 is 17.0. The first-order chi connectivity index (χ1) is 14.1. The van der Waals surface area contributed by atoms with Crippen molar-refractivity contribution in [1.29, 1.82) is 0 Å². The van der Waals surface area contributed by atoms with Crippen LogP contribution in [0.4, 0.5) is 11.4 Å². The Bertz CT molecular complexity index is 889. The molecule has 0 bridgehead atoms. The first-order valence-electron chi connectivity index (χ1n) is 9.06. The molecule has 148 valence electrons. The highest BCUT2D eigenvalue weighted by atomic mass is 35.5. The van der Waals surface area contributed by atoms with Crippen LogP contribution in [0.2, 0.25) is 5.02 Å². The van der Waals surface area contributed by atoms with E-state index in [4.69, 9.17) is 36.0 Å². The zero-order valence-electron chi connectivity index (χ0n) is 15.6. The van der Waals surface area contributed by atoms with Gasteiger partial charge < -0.3 is 21.3 Å². The lowest BCUT2D eigenvalue weighted by atomic mass is 10.2. The lowest BCUT2D eigenvalue weighted by Crippen LogP contribution is -2.29. The standard InChI is InChI=1S/C22H21ClN4S2/c23-18-11-19(26-21(28)24-14-16-7-3-1-4-8-16)13-20(12-18)27-22(29)25-15-17-9-5-2-6-10-17/h1-13H,14-15H2,(H2,24,26,28)(H2,25,27,29). The van der Waals surface area contributed by atoms with Crippen molar-refractivity contribution in [3.8, 4) is 0 Å². The maximum atomic E-state index is 6.26. The van der Waals surface area contributed by atoms with Gasteiger partial charge in [-0.05, 0) is 53.8 Å². The molecule has 4 nitrogen and oxygen atoms in total. The van der Waals surface area contributed by atoms with Crippen LogP contribution < -0.4 is 21.3 Å². The predicted octanol–water partition coefficient (Wildman–Crippen LogP) is 5.31. The van der Waals surface area contributed by atoms with Crippen LogP contribution in [0, 0.1) is 0 Å². The number of halogens is 1. The van der Waals surface area contributed by atoms with E-state index in [9.17, 15) is 0 Å². The van der Waals surface area contributed by atoms with Crippen LogP contribution in [0.1, 0.15) is 11.1 Å². The van der Waals surface area contributed by atoms with Crippen LogP contribution in [0.5, 0.6) is 0 Å². The average molecular weight is 441 g/mol. The monoisotopic (exact) mass is 440 g/mol. The lowest BCUT2D eigenvalue weighted by molar-refractivity contribution is 0.925. The van der Waals surface area contributed by atoms with Gasteiger partial charge in [0.25, 0.3) is 0 Å². The highest BCUT2D eigenvalue weighted by Crippen LogP contribution is 2.22. The maximum absolute atomic E-state index is 6.26. The van der Waals surface area contributed by atoms with Crippen LogP contribution in [0.3, 0.4) is 0 Å². The molecule has 0 saturated heterocycles. The number of thiocarbonyl (C=S) groups is 2. The number of hydrogen-bond acceptors (Lipinski definition) is 2. The molecule has 3 rings (SSSR count). The van der Waals surface area contributed by atoms with E-state index < -0.39 is 0 Å². The van der Waals surface area contributed by atoms with Gasteiger partial charge in [-0.3, -0.25) is 0 Å². The third-order valence-corrected chi connectivity index (χ3v) is 4.72. The summed E-state index contributed by atoms with van der Waals surface area (Å²) in [4.78, 5) is 0. The third-order valence-electron chi connectivity index (χ3n) is 4.01. The molecular formula is C22H21ClN4S2. The molecule has 0 heterocycles. The van der Waals surface area contributed by atoms with Crippen molar-refractivity contribution in [2.45, 2.75) is 13.1 Å². The Morgan fingerprint density at radius 2 is 1.07 bits per heavy atom. The van der Waals surface area contributed by atoms with E-state index >= 15 is 0 Å². The minimum absolute atomic E-state index is 0.520. The van der Waals surface area contributed by atoms with E-state index in [0.29, 0.717) is 28.3 Å². The molecule has 7 heteroatoms. The van der Waals surface area contributed by atoms with Gasteiger partial charge in [0.2, 0.25) is 0 Å². The number of nitrogens with one attached hydrogen (secondary N) is 4. The van der Waals surface area contributed by atoms with Gasteiger partial charge in [0.1, 0.15) is 0 Å². The van der Waals surface area contributed by atoms with Gasteiger partial charge in [-0.2, -0.15) is 0 Å². The van der Waals surface area contributed by atoms with E-state index in [0.717, 1.165) is 22.5 Å². The highest BCUT2D eigenvalue weighted by molar-refractivity contribution is 7.80. The largest absolute Gasteiger partial charge is 0.358 e. The Hall–Kier alpha value is -2.67. The van der Waals surface area contributed by atoms with E-state index in [1.54, 1.807) is 0 Å². The molecule has 3 aromatic carbocycles. The second kappa shape index (κ2) is 10.8. The topological polar surface area (TPSA) is 48.1 Å². The Kier molecular flexibility index (Phi) is 7.81. The number of benzene rings is 3. The Morgan fingerprint density at radius 1 is 0.655 bits per heavy atom. The predicted molar refractivity (Wildman–Crippen MR) is 130 cm³/mol. The van der Waals surface area contributed by atoms with Crippen LogP contribution >= 0.6 is 36.0 Å². The molecule has 0 fully saturated rings. The molecule has 0 atom stereocenters. The summed E-state index contributed by atoms with van der Waals surface area (Å²) < 4.78 is 0. The van der Waals surface area contributed by atoms with Crippen molar-refractivity contribution >= 4 is 57.6 Å². The van der Waals surface area contributed by atoms with E-state index in [1.807, 2.05) is 78.9 Å². The van der Waals surface area contributed by atoms with E-state index in [1.165, 1.54) is 0 Å². The van der Waals surface area contributed by atoms with Gasteiger partial charge >= 0.3 is 0 Å². The van der Waals surface area contributed by atoms with E-state index in [-0.39, 0.29) is 0 Å². The minimum Gasteiger partial charge on any atom is -0.358 e. The minimum atomic E-state index is 0.520. The van der Waals surface area contributed by atoms with E-state index in [2.05, 4.69) is 21.3 Å². The Morgan fingerprint density at radius 3 is 1.48 bits per heavy atom. The molecular weight excluding hydrogens is 420 g/mol. The fourth-order valence-electron chi connectivity index (χ4n) is 2.64. The summed E-state index contributed by atoms with van der Waals surface area (Å²) in [6.45, 7) is 1.29. The normalized spacial score (nSPS) is 10.1. The summed E-state index contributed by atoms with van der Waals surface area (Å²) in [6.07, 6.45) is 0. The second-order valence-electron chi connectivity index (χ2n) is 6.32. The molecule has 0 aliphatic carbocycles. The zero-order chi connectivity index (χ0) is 20.5. The van der Waals surface area contributed by atoms with Gasteiger partial charge in [-0.15, -0.1) is 0 Å². The fourth-order valence-corrected chi connectivity index (χ4v) is 3.26. The average Bonchev–Trinajstić information content (AvgIpc) is 2.72. The molecule has 0 spiro atoms. The molecule has 0 amide bonds. The molecule has 0 aliphatic heterocycles. The molecule has 29 heavy (non-hydrogen) atoms. The summed E-state index contributed by atoms with van der Waals surface area (Å²) in [5, 5.41) is 14.3. The van der Waals surface area contributed by atoms with Crippen molar-refractivity contribution in [2.75, 3.05) is 10.6 Å². The molecule has 3 aromatic rings. The van der Waals surface area contributed by atoms with Crippen LogP contribution in [0.25, 0.3) is 0 Å². The van der Waals surface area contributed by atoms with Crippen molar-refractivity contribution in [1.82, 2.24) is 10.6 Å². The zero-order valence-corrected chi connectivity index (χ0v) is 18.0. The van der Waals surface area contributed by atoms with Crippen LogP contribution in [0.15, 0.2) is 78.9 Å². The molecule has 0 unspecified atom stereocenters. The quantitative estimate of drug-likeness (QED) is 0.389. The van der Waals surface area contributed by atoms with Crippen LogP contribution in [-0.4, -0.2) is 10.2 Å². The third kappa shape index (κ3) is 7.34. The first kappa shape index (κ1) is 21.0. The van der Waals surface area contributed by atoms with Gasteiger partial charge in [0, 0.05) is 29.5 Å². The smallest absolute Gasteiger partial charge is 0.171 e. The molecule has 4 N–H and O–H groups in total. The summed E-state index contributed by atoms with van der Waals surface area (Å²) in [5.74, 6) is 0. The van der Waals surface area contributed by atoms with Crippen molar-refractivity contribution in [3.05, 3.63) is 95.0 Å². The number of rotatable bonds is 6. The second-order valence-corrected chi connectivity index (χ2v) is 7.57. The number of anilines is 2. The molecule has 0 saturated carbocycles. The molecule has 0 aromatic heterocycles. The summed E-state index contributed by atoms with van der Waals surface area (Å²) in [5.41, 5.74) is 3.85. The van der Waals surface area contributed by atoms with Gasteiger partial charge in [0.15, 0.2) is 10.2 Å². The highest BCUT2D eigenvalue weighted by Gasteiger charge is 2.04. The molecule has 0 aliphatic rings. The Balaban J connectivity index is 1.53. The van der Waals surface area contributed by atoms with Gasteiger partial charge in [-0.25, -0.2) is 0 Å². The SMILES string of the molecule is S=C(NCc1ccccc1)Nc1cc(Cl)cc(NC(=S)NCc2ccccc2)c1. The maximum Gasteiger partial charge on any atom is 0.171 e. The lowest BCUT2D eigenvalue weighted by Gasteiger charge is -2.14. The van der Waals surface area contributed by atoms with Gasteiger partial charge in [0.05, 0.1) is 0 Å².